The summed E-state index contributed by atoms with van der Waals surface area (Å²) >= 11 is 0. The van der Waals surface area contributed by atoms with E-state index in [0.717, 1.165) is 54.4 Å². The van der Waals surface area contributed by atoms with Crippen LogP contribution in [0.1, 0.15) is 59.3 Å². The maximum Gasteiger partial charge on any atom is 0.412 e. The number of hydrogen-bond donors (Lipinski definition) is 1. The van der Waals surface area contributed by atoms with Gasteiger partial charge in [0.15, 0.2) is 0 Å². The fourth-order valence-corrected chi connectivity index (χ4v) is 4.03. The monoisotopic (exact) mass is 435 g/mol. The lowest BCUT2D eigenvalue weighted by atomic mass is 9.93. The van der Waals surface area contributed by atoms with Gasteiger partial charge in [-0.3, -0.25) is 5.32 Å². The number of para-hydroxylation sites is 1. The van der Waals surface area contributed by atoms with Crippen molar-refractivity contribution in [3.63, 3.8) is 0 Å². The van der Waals surface area contributed by atoms with Gasteiger partial charge < -0.3 is 9.47 Å². The molecule has 1 aromatic rings. The average molecular weight is 436 g/mol. The van der Waals surface area contributed by atoms with E-state index >= 15 is 0 Å². The van der Waals surface area contributed by atoms with Crippen molar-refractivity contribution in [2.24, 2.45) is 0 Å². The molecule has 0 bridgehead atoms. The van der Waals surface area contributed by atoms with E-state index in [-0.39, 0.29) is 18.2 Å². The highest BCUT2D eigenvalue weighted by Gasteiger charge is 2.29. The number of fused-ring (bicyclic) bond motifs is 1. The van der Waals surface area contributed by atoms with Crippen LogP contribution in [-0.2, 0) is 14.3 Å². The minimum atomic E-state index is -0.484. The van der Waals surface area contributed by atoms with Gasteiger partial charge in [0.2, 0.25) is 0 Å². The summed E-state index contributed by atoms with van der Waals surface area (Å²) in [5.74, 6) is -0.229. The van der Waals surface area contributed by atoms with Gasteiger partial charge >= 0.3 is 12.1 Å². The van der Waals surface area contributed by atoms with Crippen LogP contribution in [0.25, 0.3) is 0 Å². The van der Waals surface area contributed by atoms with Gasteiger partial charge in [-0.1, -0.05) is 42.0 Å². The molecule has 0 fully saturated rings. The Hall–Kier alpha value is -3.08. The van der Waals surface area contributed by atoms with E-state index in [2.05, 4.69) is 24.9 Å². The van der Waals surface area contributed by atoms with Crippen LogP contribution in [0.15, 0.2) is 76.9 Å². The highest BCUT2D eigenvalue weighted by Crippen LogP contribution is 2.31. The van der Waals surface area contributed by atoms with Gasteiger partial charge in [-0.15, -0.1) is 0 Å². The lowest BCUT2D eigenvalue weighted by molar-refractivity contribution is -0.138. The Morgan fingerprint density at radius 2 is 1.81 bits per heavy atom. The molecule has 32 heavy (non-hydrogen) atoms. The predicted molar refractivity (Wildman–Crippen MR) is 127 cm³/mol. The Balaban J connectivity index is 1.75. The first-order valence-electron chi connectivity index (χ1n) is 11.3. The number of esters is 1. The summed E-state index contributed by atoms with van der Waals surface area (Å²) in [5, 5.41) is 2.78. The first-order valence-corrected chi connectivity index (χ1v) is 11.3. The van der Waals surface area contributed by atoms with Crippen LogP contribution < -0.4 is 5.32 Å². The highest BCUT2D eigenvalue weighted by atomic mass is 16.6. The maximum atomic E-state index is 12.5. The van der Waals surface area contributed by atoms with Gasteiger partial charge in [0.05, 0.1) is 0 Å². The number of allylic oxidation sites excluding steroid dienone is 3. The number of anilines is 1. The van der Waals surface area contributed by atoms with E-state index in [1.165, 1.54) is 5.57 Å². The van der Waals surface area contributed by atoms with E-state index < -0.39 is 6.09 Å². The largest absolute Gasteiger partial charge is 0.450 e. The summed E-state index contributed by atoms with van der Waals surface area (Å²) in [7, 11) is 0. The quantitative estimate of drug-likeness (QED) is 0.417. The number of nitrogens with one attached hydrogen (secondary N) is 1. The Kier molecular flexibility index (Phi) is 8.09. The number of amides is 1. The molecule has 1 aromatic carbocycles. The molecule has 0 radical (unpaired) electrons. The second kappa shape index (κ2) is 11.0. The Morgan fingerprint density at radius 1 is 1.06 bits per heavy atom. The van der Waals surface area contributed by atoms with Gasteiger partial charge in [-0.05, 0) is 88.7 Å². The van der Waals surface area contributed by atoms with Crippen LogP contribution in [-0.4, -0.2) is 24.3 Å². The van der Waals surface area contributed by atoms with Gasteiger partial charge in [0.1, 0.15) is 12.2 Å². The zero-order valence-corrected chi connectivity index (χ0v) is 19.3. The first-order chi connectivity index (χ1) is 15.3. The molecule has 0 spiro atoms. The molecule has 1 aliphatic carbocycles. The summed E-state index contributed by atoms with van der Waals surface area (Å²) in [4.78, 5) is 24.6. The highest BCUT2D eigenvalue weighted by molar-refractivity contribution is 5.92. The standard InChI is InChI=1S/C27H33NO4/c1-18-9-8-10-20(3)24(32-27(30)28-22-11-6-5-7-12-22)16-14-19(2)17-25-23(15-13-18)21(4)26(29)31-25/h5-7,9,11-12,17,24-25H,3,8,10,13-16H2,1-2,4H3,(H,28,30)/b18-9+,19-17+/t24-,25-/m0/s1. The molecule has 2 atom stereocenters. The van der Waals surface area contributed by atoms with E-state index in [1.54, 1.807) is 0 Å². The summed E-state index contributed by atoms with van der Waals surface area (Å²) in [6, 6.07) is 9.25. The van der Waals surface area contributed by atoms with Crippen molar-refractivity contribution in [3.05, 3.63) is 76.9 Å². The lowest BCUT2D eigenvalue weighted by Gasteiger charge is -2.21. The zero-order valence-electron chi connectivity index (χ0n) is 19.3. The molecule has 1 heterocycles. The van der Waals surface area contributed by atoms with Gasteiger partial charge in [0.25, 0.3) is 0 Å². The van der Waals surface area contributed by atoms with Crippen molar-refractivity contribution in [2.75, 3.05) is 5.32 Å². The summed E-state index contributed by atoms with van der Waals surface area (Å²) in [6.45, 7) is 10.2. The smallest absolute Gasteiger partial charge is 0.412 e. The van der Waals surface area contributed by atoms with Crippen molar-refractivity contribution >= 4 is 17.7 Å². The molecule has 5 heteroatoms. The lowest BCUT2D eigenvalue weighted by Crippen LogP contribution is -2.24. The second-order valence-corrected chi connectivity index (χ2v) is 8.66. The van der Waals surface area contributed by atoms with E-state index in [4.69, 9.17) is 9.47 Å². The molecule has 170 valence electrons. The number of hydrogen-bond acceptors (Lipinski definition) is 4. The molecule has 0 saturated heterocycles. The Bertz CT molecular complexity index is 955. The van der Waals surface area contributed by atoms with Crippen LogP contribution in [0.3, 0.4) is 0 Å². The van der Waals surface area contributed by atoms with Gasteiger partial charge in [-0.2, -0.15) is 0 Å². The normalized spacial score (nSPS) is 26.1. The van der Waals surface area contributed by atoms with E-state index in [0.29, 0.717) is 12.1 Å². The number of ether oxygens (including phenoxy) is 2. The molecule has 1 aliphatic heterocycles. The summed E-state index contributed by atoms with van der Waals surface area (Å²) < 4.78 is 11.4. The van der Waals surface area contributed by atoms with Gasteiger partial charge in [-0.25, -0.2) is 9.59 Å². The molecule has 2 aliphatic rings. The Labute approximate surface area is 190 Å². The minimum Gasteiger partial charge on any atom is -0.450 e. The summed E-state index contributed by atoms with van der Waals surface area (Å²) in [6.07, 6.45) is 7.72. The average Bonchev–Trinajstić information content (AvgIpc) is 3.02. The number of rotatable bonds is 2. The number of carbonyl (C=O) groups excluding carboxylic acids is 2. The fraction of sp³-hybridized carbons (Fsp3) is 0.407. The van der Waals surface area contributed by atoms with Crippen molar-refractivity contribution < 1.29 is 19.1 Å². The molecule has 0 aromatic heterocycles. The molecular formula is C27H33NO4. The third-order valence-electron chi connectivity index (χ3n) is 6.07. The first kappa shape index (κ1) is 23.6. The molecular weight excluding hydrogens is 402 g/mol. The third kappa shape index (κ3) is 6.46. The van der Waals surface area contributed by atoms with E-state index in [1.807, 2.05) is 50.3 Å². The molecule has 1 amide bonds. The molecule has 1 N–H and O–H groups in total. The maximum absolute atomic E-state index is 12.5. The van der Waals surface area contributed by atoms with Crippen LogP contribution in [0.2, 0.25) is 0 Å². The third-order valence-corrected chi connectivity index (χ3v) is 6.07. The number of carbonyl (C=O) groups is 2. The van der Waals surface area contributed by atoms with Crippen molar-refractivity contribution in [3.8, 4) is 0 Å². The van der Waals surface area contributed by atoms with Crippen LogP contribution in [0, 0.1) is 0 Å². The predicted octanol–water partition coefficient (Wildman–Crippen LogP) is 6.65. The van der Waals surface area contributed by atoms with Gasteiger partial charge in [0, 0.05) is 11.3 Å². The van der Waals surface area contributed by atoms with Crippen LogP contribution >= 0.6 is 0 Å². The SMILES string of the molecule is C=C1CC/C=C(\C)CCC2=C(C)C(=O)O[C@H]2/C=C(\C)CC[C@@H]1OC(=O)Nc1ccccc1. The van der Waals surface area contributed by atoms with Crippen molar-refractivity contribution in [2.45, 2.75) is 71.5 Å². The van der Waals surface area contributed by atoms with Crippen molar-refractivity contribution in [1.29, 1.82) is 0 Å². The summed E-state index contributed by atoms with van der Waals surface area (Å²) in [5.41, 5.74) is 5.77. The molecule has 3 rings (SSSR count). The Morgan fingerprint density at radius 3 is 2.56 bits per heavy atom. The zero-order chi connectivity index (χ0) is 23.1. The second-order valence-electron chi connectivity index (χ2n) is 8.66. The number of benzene rings is 1. The molecule has 0 saturated carbocycles. The van der Waals surface area contributed by atoms with Crippen molar-refractivity contribution in [1.82, 2.24) is 0 Å². The molecule has 5 nitrogen and oxygen atoms in total. The van der Waals surface area contributed by atoms with E-state index in [9.17, 15) is 9.59 Å². The topological polar surface area (TPSA) is 64.6 Å². The van der Waals surface area contributed by atoms with Crippen LogP contribution in [0.5, 0.6) is 0 Å². The fourth-order valence-electron chi connectivity index (χ4n) is 4.03. The molecule has 0 unspecified atom stereocenters. The minimum absolute atomic E-state index is 0.229. The van der Waals surface area contributed by atoms with Crippen LogP contribution in [0.4, 0.5) is 10.5 Å².